The molecular weight excluding hydrogens is 256 g/mol. The Bertz CT molecular complexity index is 383. The Morgan fingerprint density at radius 1 is 1.47 bits per heavy atom. The van der Waals surface area contributed by atoms with Crippen LogP contribution in [0.15, 0.2) is 16.7 Å². The van der Waals surface area contributed by atoms with Gasteiger partial charge in [0.1, 0.15) is 5.69 Å². The summed E-state index contributed by atoms with van der Waals surface area (Å²) in [4.78, 5) is 15.8. The molecule has 1 rings (SSSR count). The number of halogens is 1. The van der Waals surface area contributed by atoms with Crippen molar-refractivity contribution in [2.75, 3.05) is 0 Å². The first-order valence-corrected chi connectivity index (χ1v) is 5.53. The molecule has 0 saturated heterocycles. The average molecular weight is 271 g/mol. The van der Waals surface area contributed by atoms with Gasteiger partial charge in [-0.2, -0.15) is 0 Å². The molecule has 0 aliphatic rings. The zero-order valence-electron chi connectivity index (χ0n) is 9.39. The first kappa shape index (κ1) is 12.2. The van der Waals surface area contributed by atoms with E-state index in [4.69, 9.17) is 0 Å². The molecule has 1 amide bonds. The molecule has 3 nitrogen and oxygen atoms in total. The highest BCUT2D eigenvalue weighted by molar-refractivity contribution is 9.10. The fourth-order valence-corrected chi connectivity index (χ4v) is 1.28. The third kappa shape index (κ3) is 3.63. The maximum Gasteiger partial charge on any atom is 0.270 e. The van der Waals surface area contributed by atoms with Crippen molar-refractivity contribution in [1.29, 1.82) is 0 Å². The second-order valence-electron chi connectivity index (χ2n) is 4.52. The molecule has 1 heterocycles. The number of nitrogens with one attached hydrogen (secondary N) is 1. The summed E-state index contributed by atoms with van der Waals surface area (Å²) >= 11 is 3.35. The lowest BCUT2D eigenvalue weighted by Crippen LogP contribution is -2.40. The third-order valence-electron chi connectivity index (χ3n) is 1.77. The van der Waals surface area contributed by atoms with E-state index in [-0.39, 0.29) is 11.4 Å². The summed E-state index contributed by atoms with van der Waals surface area (Å²) in [5, 5.41) is 2.87. The molecule has 0 spiro atoms. The van der Waals surface area contributed by atoms with Crippen LogP contribution in [-0.2, 0) is 0 Å². The lowest BCUT2D eigenvalue weighted by atomic mass is 10.1. The van der Waals surface area contributed by atoms with Crippen molar-refractivity contribution < 1.29 is 4.79 Å². The van der Waals surface area contributed by atoms with Crippen LogP contribution in [0.4, 0.5) is 0 Å². The molecule has 1 aromatic heterocycles. The highest BCUT2D eigenvalue weighted by atomic mass is 79.9. The van der Waals surface area contributed by atoms with Crippen LogP contribution < -0.4 is 5.32 Å². The molecule has 1 N–H and O–H groups in total. The number of aromatic nitrogens is 1. The van der Waals surface area contributed by atoms with Crippen molar-refractivity contribution in [3.8, 4) is 0 Å². The molecule has 0 bridgehead atoms. The van der Waals surface area contributed by atoms with E-state index in [9.17, 15) is 4.79 Å². The second kappa shape index (κ2) is 4.31. The predicted octanol–water partition coefficient (Wildman–Crippen LogP) is 2.68. The summed E-state index contributed by atoms with van der Waals surface area (Å²) < 4.78 is 0.912. The van der Waals surface area contributed by atoms with Crippen LogP contribution in [0, 0.1) is 6.92 Å². The highest BCUT2D eigenvalue weighted by Crippen LogP contribution is 2.15. The Morgan fingerprint density at radius 2 is 2.07 bits per heavy atom. The predicted molar refractivity (Wildman–Crippen MR) is 63.9 cm³/mol. The first-order valence-electron chi connectivity index (χ1n) is 4.74. The molecule has 1 aromatic rings. The van der Waals surface area contributed by atoms with E-state index in [2.05, 4.69) is 26.2 Å². The number of rotatable bonds is 1. The molecule has 0 atom stereocenters. The number of aryl methyl sites for hydroxylation is 1. The number of amides is 1. The van der Waals surface area contributed by atoms with Crippen LogP contribution in [0.2, 0.25) is 0 Å². The number of nitrogens with zero attached hydrogens (tertiary/aromatic N) is 1. The second-order valence-corrected chi connectivity index (χ2v) is 5.38. The van der Waals surface area contributed by atoms with E-state index in [1.165, 1.54) is 0 Å². The Kier molecular flexibility index (Phi) is 3.50. The fourth-order valence-electron chi connectivity index (χ4n) is 1.07. The van der Waals surface area contributed by atoms with Gasteiger partial charge in [0, 0.05) is 16.2 Å². The fraction of sp³-hybridized carbons (Fsp3) is 0.455. The van der Waals surface area contributed by atoms with Crippen LogP contribution >= 0.6 is 15.9 Å². The van der Waals surface area contributed by atoms with Gasteiger partial charge in [-0.3, -0.25) is 4.79 Å². The largest absolute Gasteiger partial charge is 0.346 e. The minimum atomic E-state index is -0.236. The van der Waals surface area contributed by atoms with Crippen molar-refractivity contribution in [2.24, 2.45) is 0 Å². The molecule has 0 unspecified atom stereocenters. The average Bonchev–Trinajstić information content (AvgIpc) is 2.06. The molecule has 0 fully saturated rings. The third-order valence-corrected chi connectivity index (χ3v) is 2.60. The maximum absolute atomic E-state index is 11.7. The van der Waals surface area contributed by atoms with Gasteiger partial charge < -0.3 is 5.32 Å². The molecule has 0 aromatic carbocycles. The van der Waals surface area contributed by atoms with E-state index in [1.807, 2.05) is 27.7 Å². The number of carbonyl (C=O) groups excluding carboxylic acids is 1. The van der Waals surface area contributed by atoms with Gasteiger partial charge >= 0.3 is 0 Å². The Balaban J connectivity index is 2.88. The monoisotopic (exact) mass is 270 g/mol. The summed E-state index contributed by atoms with van der Waals surface area (Å²) in [7, 11) is 0. The van der Waals surface area contributed by atoms with E-state index in [1.54, 1.807) is 12.3 Å². The quantitative estimate of drug-likeness (QED) is 0.853. The normalized spacial score (nSPS) is 11.3. The molecule has 0 radical (unpaired) electrons. The highest BCUT2D eigenvalue weighted by Gasteiger charge is 2.16. The van der Waals surface area contributed by atoms with Crippen LogP contribution in [0.5, 0.6) is 0 Å². The van der Waals surface area contributed by atoms with E-state index in [0.717, 1.165) is 10.0 Å². The molecule has 0 aliphatic heterocycles. The van der Waals surface area contributed by atoms with Crippen LogP contribution in [0.3, 0.4) is 0 Å². The summed E-state index contributed by atoms with van der Waals surface area (Å²) in [5.74, 6) is -0.141. The van der Waals surface area contributed by atoms with Gasteiger partial charge in [0.15, 0.2) is 0 Å². The first-order chi connectivity index (χ1) is 6.79. The molecular formula is C11H15BrN2O. The maximum atomic E-state index is 11.7. The van der Waals surface area contributed by atoms with Gasteiger partial charge in [-0.05, 0) is 55.3 Å². The van der Waals surface area contributed by atoms with Gasteiger partial charge in [0.2, 0.25) is 0 Å². The number of pyridine rings is 1. The smallest absolute Gasteiger partial charge is 0.270 e. The van der Waals surface area contributed by atoms with Crippen LogP contribution in [0.25, 0.3) is 0 Å². The van der Waals surface area contributed by atoms with Gasteiger partial charge in [-0.15, -0.1) is 0 Å². The minimum Gasteiger partial charge on any atom is -0.346 e. The van der Waals surface area contributed by atoms with E-state index >= 15 is 0 Å². The SMILES string of the molecule is Cc1cc(C(=O)NC(C)(C)C)ncc1Br. The topological polar surface area (TPSA) is 42.0 Å². The standard InChI is InChI=1S/C11H15BrN2O/c1-7-5-9(13-6-8(7)12)10(15)14-11(2,3)4/h5-6H,1-4H3,(H,14,15). The molecule has 4 heteroatoms. The van der Waals surface area contributed by atoms with Crippen molar-refractivity contribution in [2.45, 2.75) is 33.2 Å². The Hall–Kier alpha value is -0.900. The van der Waals surface area contributed by atoms with Crippen molar-refractivity contribution >= 4 is 21.8 Å². The minimum absolute atomic E-state index is 0.141. The number of hydrogen-bond donors (Lipinski definition) is 1. The summed E-state index contributed by atoms with van der Waals surface area (Å²) in [6, 6.07) is 1.77. The van der Waals surface area contributed by atoms with E-state index in [0.29, 0.717) is 5.69 Å². The summed E-state index contributed by atoms with van der Waals surface area (Å²) in [6.45, 7) is 7.75. The van der Waals surface area contributed by atoms with Crippen molar-refractivity contribution in [1.82, 2.24) is 10.3 Å². The molecule has 0 saturated carbocycles. The van der Waals surface area contributed by atoms with E-state index < -0.39 is 0 Å². The number of hydrogen-bond acceptors (Lipinski definition) is 2. The summed E-state index contributed by atoms with van der Waals surface area (Å²) in [5.41, 5.74) is 1.22. The zero-order chi connectivity index (χ0) is 11.6. The van der Waals surface area contributed by atoms with Crippen LogP contribution in [-0.4, -0.2) is 16.4 Å². The molecule has 0 aliphatic carbocycles. The molecule has 82 valence electrons. The van der Waals surface area contributed by atoms with Gasteiger partial charge in [-0.25, -0.2) is 4.98 Å². The lowest BCUT2D eigenvalue weighted by Gasteiger charge is -2.20. The van der Waals surface area contributed by atoms with Crippen LogP contribution in [0.1, 0.15) is 36.8 Å². The summed E-state index contributed by atoms with van der Waals surface area (Å²) in [6.07, 6.45) is 1.65. The molecule has 15 heavy (non-hydrogen) atoms. The lowest BCUT2D eigenvalue weighted by molar-refractivity contribution is 0.0914. The zero-order valence-corrected chi connectivity index (χ0v) is 11.0. The van der Waals surface area contributed by atoms with Gasteiger partial charge in [-0.1, -0.05) is 0 Å². The Labute approximate surface area is 98.4 Å². The van der Waals surface area contributed by atoms with Crippen molar-refractivity contribution in [3.05, 3.63) is 28.0 Å². The number of carbonyl (C=O) groups is 1. The van der Waals surface area contributed by atoms with Gasteiger partial charge in [0.25, 0.3) is 5.91 Å². The van der Waals surface area contributed by atoms with Crippen molar-refractivity contribution in [3.63, 3.8) is 0 Å². The van der Waals surface area contributed by atoms with Gasteiger partial charge in [0.05, 0.1) is 0 Å². The Morgan fingerprint density at radius 3 is 2.53 bits per heavy atom.